The minimum atomic E-state index is -0.563. The van der Waals surface area contributed by atoms with Crippen LogP contribution in [0.4, 0.5) is 10.5 Å². The Morgan fingerprint density at radius 1 is 1.30 bits per heavy atom. The Kier molecular flexibility index (Phi) is 4.37. The van der Waals surface area contributed by atoms with Crippen LogP contribution in [-0.2, 0) is 17.8 Å². The summed E-state index contributed by atoms with van der Waals surface area (Å²) in [6.07, 6.45) is 2.32. The molecule has 1 atom stereocenters. The number of nitrogens with zero attached hydrogens (tertiary/aromatic N) is 1. The van der Waals surface area contributed by atoms with Crippen LogP contribution in [0, 0.1) is 5.92 Å². The number of fused-ring (bicyclic) bond motifs is 1. The molecule has 1 heterocycles. The summed E-state index contributed by atoms with van der Waals surface area (Å²) in [4.78, 5) is 28.2. The maximum absolute atomic E-state index is 12.1. The number of ketones is 1. The first kappa shape index (κ1) is 15.2. The van der Waals surface area contributed by atoms with Crippen LogP contribution >= 0.6 is 0 Å². The standard InChI is InChI=1S/C18H18N2O3/c1-12-7-16-15(17(21)8-12)9-14(10-19-16)20-18(22)23-11-13-5-3-2-4-6-13/h2-6,9-10,12H,7-8,11H2,1H3,(H,20,22). The largest absolute Gasteiger partial charge is 0.444 e. The lowest BCUT2D eigenvalue weighted by atomic mass is 9.87. The van der Waals surface area contributed by atoms with E-state index in [0.717, 1.165) is 17.7 Å². The molecule has 118 valence electrons. The Balaban J connectivity index is 1.63. The fourth-order valence-corrected chi connectivity index (χ4v) is 2.67. The van der Waals surface area contributed by atoms with E-state index >= 15 is 0 Å². The number of carbonyl (C=O) groups is 2. The zero-order valence-corrected chi connectivity index (χ0v) is 12.9. The third kappa shape index (κ3) is 3.74. The van der Waals surface area contributed by atoms with Gasteiger partial charge < -0.3 is 4.74 Å². The number of ether oxygens (including phenoxy) is 1. The van der Waals surface area contributed by atoms with Gasteiger partial charge in [0, 0.05) is 12.0 Å². The van der Waals surface area contributed by atoms with E-state index in [4.69, 9.17) is 4.74 Å². The highest BCUT2D eigenvalue weighted by atomic mass is 16.5. The maximum Gasteiger partial charge on any atom is 0.412 e. The number of nitrogens with one attached hydrogen (secondary N) is 1. The predicted octanol–water partition coefficient (Wildman–Crippen LogP) is 3.60. The van der Waals surface area contributed by atoms with Crippen molar-refractivity contribution < 1.29 is 14.3 Å². The van der Waals surface area contributed by atoms with E-state index in [-0.39, 0.29) is 12.4 Å². The average Bonchev–Trinajstić information content (AvgIpc) is 2.54. The molecule has 1 aromatic heterocycles. The van der Waals surface area contributed by atoms with Gasteiger partial charge >= 0.3 is 6.09 Å². The molecule has 1 aromatic carbocycles. The van der Waals surface area contributed by atoms with Crippen LogP contribution in [0.3, 0.4) is 0 Å². The van der Waals surface area contributed by atoms with Gasteiger partial charge in [0.25, 0.3) is 0 Å². The van der Waals surface area contributed by atoms with E-state index in [1.54, 1.807) is 12.3 Å². The van der Waals surface area contributed by atoms with Crippen molar-refractivity contribution in [2.45, 2.75) is 26.4 Å². The van der Waals surface area contributed by atoms with Gasteiger partial charge in [0.1, 0.15) is 6.61 Å². The molecule has 1 aliphatic rings. The van der Waals surface area contributed by atoms with E-state index in [1.165, 1.54) is 0 Å². The van der Waals surface area contributed by atoms with Gasteiger partial charge in [-0.1, -0.05) is 37.3 Å². The lowest BCUT2D eigenvalue weighted by molar-refractivity contribution is 0.0952. The second-order valence-electron chi connectivity index (χ2n) is 5.84. The molecule has 2 aromatic rings. The third-order valence-corrected chi connectivity index (χ3v) is 3.81. The van der Waals surface area contributed by atoms with Crippen LogP contribution in [0.2, 0.25) is 0 Å². The molecule has 3 rings (SSSR count). The third-order valence-electron chi connectivity index (χ3n) is 3.81. The highest BCUT2D eigenvalue weighted by Crippen LogP contribution is 2.25. The number of amides is 1. The van der Waals surface area contributed by atoms with Crippen LogP contribution < -0.4 is 5.32 Å². The van der Waals surface area contributed by atoms with Crippen LogP contribution in [0.15, 0.2) is 42.6 Å². The molecule has 5 heteroatoms. The Bertz CT molecular complexity index is 728. The molecule has 5 nitrogen and oxygen atoms in total. The molecule has 1 aliphatic carbocycles. The van der Waals surface area contributed by atoms with Gasteiger partial charge in [-0.25, -0.2) is 4.79 Å². The van der Waals surface area contributed by atoms with Crippen LogP contribution in [0.1, 0.15) is 35.0 Å². The average molecular weight is 310 g/mol. The zero-order valence-electron chi connectivity index (χ0n) is 12.9. The smallest absolute Gasteiger partial charge is 0.412 e. The van der Waals surface area contributed by atoms with Crippen molar-refractivity contribution in [3.63, 3.8) is 0 Å². The van der Waals surface area contributed by atoms with Crippen molar-refractivity contribution in [1.82, 2.24) is 4.98 Å². The first-order chi connectivity index (χ1) is 11.1. The van der Waals surface area contributed by atoms with Gasteiger partial charge in [-0.3, -0.25) is 15.1 Å². The SMILES string of the molecule is CC1CC(=O)c2cc(NC(=O)OCc3ccccc3)cnc2C1. The first-order valence-electron chi connectivity index (χ1n) is 7.61. The van der Waals surface area contributed by atoms with Crippen LogP contribution in [0.5, 0.6) is 0 Å². The van der Waals surface area contributed by atoms with Gasteiger partial charge in [-0.2, -0.15) is 0 Å². The number of anilines is 1. The fourth-order valence-electron chi connectivity index (χ4n) is 2.67. The molecular weight excluding hydrogens is 292 g/mol. The Hall–Kier alpha value is -2.69. The van der Waals surface area contributed by atoms with Gasteiger partial charge in [0.15, 0.2) is 5.78 Å². The van der Waals surface area contributed by atoms with Crippen molar-refractivity contribution in [2.75, 3.05) is 5.32 Å². The zero-order chi connectivity index (χ0) is 16.2. The van der Waals surface area contributed by atoms with E-state index in [1.807, 2.05) is 37.3 Å². The number of benzene rings is 1. The number of rotatable bonds is 3. The highest BCUT2D eigenvalue weighted by molar-refractivity contribution is 5.99. The first-order valence-corrected chi connectivity index (χ1v) is 7.61. The monoisotopic (exact) mass is 310 g/mol. The molecule has 0 aliphatic heterocycles. The minimum absolute atomic E-state index is 0.0764. The molecular formula is C18H18N2O3. The van der Waals surface area contributed by atoms with Crippen LogP contribution in [0.25, 0.3) is 0 Å². The van der Waals surface area contributed by atoms with Crippen molar-refractivity contribution >= 4 is 17.6 Å². The molecule has 1 N–H and O–H groups in total. The molecule has 0 radical (unpaired) electrons. The van der Waals surface area contributed by atoms with E-state index in [9.17, 15) is 9.59 Å². The second-order valence-corrected chi connectivity index (χ2v) is 5.84. The van der Waals surface area contributed by atoms with Crippen molar-refractivity contribution in [1.29, 1.82) is 0 Å². The Morgan fingerprint density at radius 3 is 2.87 bits per heavy atom. The summed E-state index contributed by atoms with van der Waals surface area (Å²) >= 11 is 0. The van der Waals surface area contributed by atoms with E-state index in [0.29, 0.717) is 23.6 Å². The Morgan fingerprint density at radius 2 is 2.09 bits per heavy atom. The summed E-state index contributed by atoms with van der Waals surface area (Å²) in [7, 11) is 0. The number of hydrogen-bond acceptors (Lipinski definition) is 4. The summed E-state index contributed by atoms with van der Waals surface area (Å²) in [5.41, 5.74) is 2.79. The Labute approximate surface area is 134 Å². The minimum Gasteiger partial charge on any atom is -0.444 e. The quantitative estimate of drug-likeness (QED) is 0.940. The van der Waals surface area contributed by atoms with Gasteiger partial charge in [-0.05, 0) is 24.0 Å². The van der Waals surface area contributed by atoms with E-state index < -0.39 is 6.09 Å². The van der Waals surface area contributed by atoms with Gasteiger partial charge in [-0.15, -0.1) is 0 Å². The van der Waals surface area contributed by atoms with Gasteiger partial charge in [0.2, 0.25) is 0 Å². The highest BCUT2D eigenvalue weighted by Gasteiger charge is 2.23. The maximum atomic E-state index is 12.1. The lowest BCUT2D eigenvalue weighted by Gasteiger charge is -2.19. The molecule has 23 heavy (non-hydrogen) atoms. The topological polar surface area (TPSA) is 68.3 Å². The molecule has 0 saturated carbocycles. The fraction of sp³-hybridized carbons (Fsp3) is 0.278. The van der Waals surface area contributed by atoms with Crippen molar-refractivity contribution in [3.05, 3.63) is 59.4 Å². The van der Waals surface area contributed by atoms with Crippen LogP contribution in [-0.4, -0.2) is 16.9 Å². The van der Waals surface area contributed by atoms with Crippen molar-refractivity contribution in [3.8, 4) is 0 Å². The number of pyridine rings is 1. The summed E-state index contributed by atoms with van der Waals surface area (Å²) in [6, 6.07) is 11.1. The molecule has 0 fully saturated rings. The molecule has 1 amide bonds. The lowest BCUT2D eigenvalue weighted by Crippen LogP contribution is -2.20. The second kappa shape index (κ2) is 6.60. The number of hydrogen-bond donors (Lipinski definition) is 1. The number of Topliss-reactive ketones (excluding diaryl/α,β-unsaturated/α-hetero) is 1. The molecule has 0 bridgehead atoms. The molecule has 0 spiro atoms. The molecule has 1 unspecified atom stereocenters. The normalized spacial score (nSPS) is 16.6. The summed E-state index contributed by atoms with van der Waals surface area (Å²) < 4.78 is 5.16. The number of carbonyl (C=O) groups excluding carboxylic acids is 2. The van der Waals surface area contributed by atoms with E-state index in [2.05, 4.69) is 10.3 Å². The summed E-state index contributed by atoms with van der Waals surface area (Å²) in [5, 5.41) is 2.62. The number of aromatic nitrogens is 1. The van der Waals surface area contributed by atoms with Crippen molar-refractivity contribution in [2.24, 2.45) is 5.92 Å². The predicted molar refractivity (Wildman–Crippen MR) is 86.3 cm³/mol. The van der Waals surface area contributed by atoms with Gasteiger partial charge in [0.05, 0.1) is 17.6 Å². The summed E-state index contributed by atoms with van der Waals surface area (Å²) in [6.45, 7) is 2.23. The molecule has 0 saturated heterocycles. The summed E-state index contributed by atoms with van der Waals surface area (Å²) in [5.74, 6) is 0.393.